The maximum Gasteiger partial charge on any atom is 0.313 e. The van der Waals surface area contributed by atoms with Crippen molar-refractivity contribution in [3.8, 4) is 0 Å². The number of carbonyl (C=O) groups is 1. The van der Waals surface area contributed by atoms with Crippen LogP contribution in [0.5, 0.6) is 0 Å². The lowest BCUT2D eigenvalue weighted by Crippen LogP contribution is -2.09. The van der Waals surface area contributed by atoms with Gasteiger partial charge < -0.3 is 9.30 Å². The number of esters is 1. The number of ether oxygens (including phenoxy) is 1. The van der Waals surface area contributed by atoms with Crippen molar-refractivity contribution in [3.63, 3.8) is 0 Å². The molecule has 0 amide bonds. The number of carbonyl (C=O) groups excluding carboxylic acids is 1. The van der Waals surface area contributed by atoms with Crippen LogP contribution in [0, 0.1) is 0 Å². The van der Waals surface area contributed by atoms with Gasteiger partial charge in [-0.25, -0.2) is 0 Å². The van der Waals surface area contributed by atoms with Gasteiger partial charge >= 0.3 is 5.97 Å². The lowest BCUT2D eigenvalue weighted by Gasteiger charge is -2.04. The minimum absolute atomic E-state index is 0.0147. The summed E-state index contributed by atoms with van der Waals surface area (Å²) < 4.78 is 15.7. The molecule has 0 aliphatic heterocycles. The molecule has 4 heteroatoms. The normalized spacial score (nSPS) is 10.7. The molecule has 11 heavy (non-hydrogen) atoms. The van der Waals surface area contributed by atoms with E-state index in [4.69, 9.17) is 0 Å². The lowest BCUT2D eigenvalue weighted by atomic mass is 10.7. The van der Waals surface area contributed by atoms with Crippen LogP contribution in [0.1, 0.15) is 0 Å². The third-order valence-corrected chi connectivity index (χ3v) is 1.89. The van der Waals surface area contributed by atoms with E-state index < -0.39 is 13.1 Å². The van der Waals surface area contributed by atoms with Crippen LogP contribution in [0.15, 0.2) is 12.7 Å². The molecule has 0 aromatic heterocycles. The van der Waals surface area contributed by atoms with Crippen LogP contribution in [0.2, 0.25) is 0 Å². The van der Waals surface area contributed by atoms with E-state index in [1.54, 1.807) is 13.3 Å². The summed E-state index contributed by atoms with van der Waals surface area (Å²) in [7, 11) is -2.27. The van der Waals surface area contributed by atoms with Crippen LogP contribution in [-0.2, 0) is 14.1 Å². The van der Waals surface area contributed by atoms with Gasteiger partial charge in [-0.15, -0.1) is 0 Å². The topological polar surface area (TPSA) is 43.4 Å². The third-order valence-electron chi connectivity index (χ3n) is 0.872. The Labute approximate surface area is 66.8 Å². The zero-order chi connectivity index (χ0) is 8.91. The Morgan fingerprint density at radius 2 is 2.18 bits per heavy atom. The van der Waals surface area contributed by atoms with E-state index in [9.17, 15) is 9.36 Å². The first kappa shape index (κ1) is 10.4. The summed E-state index contributed by atoms with van der Waals surface area (Å²) in [5, 5.41) is 0. The fourth-order valence-corrected chi connectivity index (χ4v) is 1.22. The van der Waals surface area contributed by atoms with Crippen LogP contribution >= 0.6 is 7.14 Å². The van der Waals surface area contributed by atoms with Gasteiger partial charge in [0.05, 0.1) is 13.3 Å². The predicted molar refractivity (Wildman–Crippen MR) is 45.5 cm³/mol. The van der Waals surface area contributed by atoms with Gasteiger partial charge in [0.15, 0.2) is 0 Å². The van der Waals surface area contributed by atoms with Gasteiger partial charge in [0, 0.05) is 0 Å². The molecule has 0 radical (unpaired) electrons. The minimum Gasteiger partial charge on any atom is -0.461 e. The SMILES string of the molecule is C=CCOC(=O)CP(C)(C)=O. The summed E-state index contributed by atoms with van der Waals surface area (Å²) >= 11 is 0. The highest BCUT2D eigenvalue weighted by Crippen LogP contribution is 2.35. The van der Waals surface area contributed by atoms with E-state index >= 15 is 0 Å². The number of rotatable bonds is 4. The van der Waals surface area contributed by atoms with Crippen LogP contribution in [-0.4, -0.2) is 32.1 Å². The lowest BCUT2D eigenvalue weighted by molar-refractivity contribution is -0.139. The van der Waals surface area contributed by atoms with Crippen molar-refractivity contribution in [1.82, 2.24) is 0 Å². The summed E-state index contributed by atoms with van der Waals surface area (Å²) in [5.74, 6) is -0.418. The van der Waals surface area contributed by atoms with Crippen molar-refractivity contribution < 1.29 is 14.1 Å². The first-order valence-corrected chi connectivity index (χ1v) is 6.05. The second-order valence-electron chi connectivity index (χ2n) is 2.70. The average molecular weight is 176 g/mol. The molecule has 0 saturated heterocycles. The Hall–Kier alpha value is -0.560. The Morgan fingerprint density at radius 1 is 1.64 bits per heavy atom. The van der Waals surface area contributed by atoms with E-state index in [-0.39, 0.29) is 12.8 Å². The highest BCUT2D eigenvalue weighted by Gasteiger charge is 2.13. The third kappa shape index (κ3) is 7.34. The van der Waals surface area contributed by atoms with Crippen LogP contribution < -0.4 is 0 Å². The molecule has 0 saturated carbocycles. The molecule has 0 aromatic carbocycles. The highest BCUT2D eigenvalue weighted by atomic mass is 31.2. The van der Waals surface area contributed by atoms with Crippen molar-refractivity contribution in [2.75, 3.05) is 26.1 Å². The Bertz CT molecular complexity index is 192. The predicted octanol–water partition coefficient (Wildman–Crippen LogP) is 1.34. The summed E-state index contributed by atoms with van der Waals surface area (Å²) in [6.45, 7) is 6.69. The molecule has 64 valence electrons. The molecule has 3 nitrogen and oxygen atoms in total. The zero-order valence-corrected chi connectivity index (χ0v) is 7.77. The first-order valence-electron chi connectivity index (χ1n) is 3.26. The van der Waals surface area contributed by atoms with Gasteiger partial charge in [-0.1, -0.05) is 12.7 Å². The average Bonchev–Trinajstić information content (AvgIpc) is 1.79. The molecule has 0 aromatic rings. The Kier molecular flexibility index (Phi) is 4.12. The zero-order valence-electron chi connectivity index (χ0n) is 6.87. The largest absolute Gasteiger partial charge is 0.461 e. The molecular formula is C7H13O3P. The molecule has 0 aliphatic rings. The van der Waals surface area contributed by atoms with Crippen LogP contribution in [0.25, 0.3) is 0 Å². The fourth-order valence-electron chi connectivity index (χ4n) is 0.508. The molecule has 0 rings (SSSR count). The van der Waals surface area contributed by atoms with Crippen molar-refractivity contribution >= 4 is 13.1 Å². The van der Waals surface area contributed by atoms with E-state index in [0.29, 0.717) is 0 Å². The fraction of sp³-hybridized carbons (Fsp3) is 0.571. The quantitative estimate of drug-likeness (QED) is 0.369. The summed E-state index contributed by atoms with van der Waals surface area (Å²) in [4.78, 5) is 10.8. The van der Waals surface area contributed by atoms with Gasteiger partial charge in [0.2, 0.25) is 0 Å². The van der Waals surface area contributed by atoms with Crippen molar-refractivity contribution in [2.45, 2.75) is 0 Å². The molecule has 0 aliphatic carbocycles. The summed E-state index contributed by atoms with van der Waals surface area (Å²) in [6, 6.07) is 0. The molecule has 0 unspecified atom stereocenters. The maximum atomic E-state index is 11.1. The van der Waals surface area contributed by atoms with Gasteiger partial charge in [-0.05, 0) is 13.3 Å². The highest BCUT2D eigenvalue weighted by molar-refractivity contribution is 7.63. The summed E-state index contributed by atoms with van der Waals surface area (Å²) in [5.41, 5.74) is 0. The van der Waals surface area contributed by atoms with Gasteiger partial charge in [-0.2, -0.15) is 0 Å². The second kappa shape index (κ2) is 4.35. The van der Waals surface area contributed by atoms with Gasteiger partial charge in [0.25, 0.3) is 0 Å². The van der Waals surface area contributed by atoms with E-state index in [1.807, 2.05) is 0 Å². The van der Waals surface area contributed by atoms with Crippen molar-refractivity contribution in [2.24, 2.45) is 0 Å². The number of hydrogen-bond acceptors (Lipinski definition) is 3. The van der Waals surface area contributed by atoms with Crippen LogP contribution in [0.4, 0.5) is 0 Å². The Morgan fingerprint density at radius 3 is 2.55 bits per heavy atom. The molecule has 0 spiro atoms. The second-order valence-corrected chi connectivity index (χ2v) is 6.17. The van der Waals surface area contributed by atoms with Gasteiger partial charge in [-0.3, -0.25) is 4.79 Å². The Balaban J connectivity index is 3.70. The van der Waals surface area contributed by atoms with Crippen molar-refractivity contribution in [1.29, 1.82) is 0 Å². The van der Waals surface area contributed by atoms with E-state index in [2.05, 4.69) is 11.3 Å². The molecule has 0 fully saturated rings. The van der Waals surface area contributed by atoms with E-state index in [0.717, 1.165) is 0 Å². The molecule has 0 bridgehead atoms. The molecular weight excluding hydrogens is 163 g/mol. The molecule has 0 N–H and O–H groups in total. The molecule has 0 heterocycles. The molecule has 0 atom stereocenters. The monoisotopic (exact) mass is 176 g/mol. The first-order chi connectivity index (χ1) is 4.95. The minimum atomic E-state index is -2.27. The standard InChI is InChI=1S/C7H13O3P/c1-4-5-10-7(8)6-11(2,3)9/h4H,1,5-6H2,2-3H3. The van der Waals surface area contributed by atoms with Gasteiger partial charge in [0.1, 0.15) is 6.61 Å². The van der Waals surface area contributed by atoms with Crippen LogP contribution in [0.3, 0.4) is 0 Å². The van der Waals surface area contributed by atoms with Crippen molar-refractivity contribution in [3.05, 3.63) is 12.7 Å². The smallest absolute Gasteiger partial charge is 0.313 e. The van der Waals surface area contributed by atoms with E-state index in [1.165, 1.54) is 6.08 Å². The number of hydrogen-bond donors (Lipinski definition) is 0. The maximum absolute atomic E-state index is 11.1. The summed E-state index contributed by atoms with van der Waals surface area (Å²) in [6.07, 6.45) is 1.50.